The number of rotatable bonds is 6. The molecule has 0 amide bonds. The maximum atomic E-state index is 5.87. The van der Waals surface area contributed by atoms with Gasteiger partial charge in [0.05, 0.1) is 6.61 Å². The van der Waals surface area contributed by atoms with Crippen molar-refractivity contribution in [3.05, 3.63) is 24.3 Å². The number of hydrogen-bond donors (Lipinski definition) is 0. The molecule has 0 saturated carbocycles. The van der Waals surface area contributed by atoms with E-state index in [9.17, 15) is 0 Å². The van der Waals surface area contributed by atoms with Gasteiger partial charge in [0.25, 0.3) is 0 Å². The van der Waals surface area contributed by atoms with E-state index in [1.165, 1.54) is 13.0 Å². The van der Waals surface area contributed by atoms with Crippen LogP contribution in [0.25, 0.3) is 0 Å². The van der Waals surface area contributed by atoms with Crippen molar-refractivity contribution in [1.29, 1.82) is 0 Å². The fourth-order valence-corrected chi connectivity index (χ4v) is 3.09. The van der Waals surface area contributed by atoms with E-state index < -0.39 is 0 Å². The summed E-state index contributed by atoms with van der Waals surface area (Å²) in [6.07, 6.45) is 1.26. The van der Waals surface area contributed by atoms with Crippen molar-refractivity contribution in [3.8, 4) is 11.5 Å². The van der Waals surface area contributed by atoms with Crippen molar-refractivity contribution in [2.75, 3.05) is 32.8 Å². The molecule has 0 bridgehead atoms. The monoisotopic (exact) mass is 341 g/mol. The Bertz CT molecular complexity index is 413. The fraction of sp³-hybridized carbons (Fsp3) is 0.625. The highest BCUT2D eigenvalue weighted by Crippen LogP contribution is 2.27. The van der Waals surface area contributed by atoms with E-state index in [1.807, 2.05) is 31.2 Å². The standard InChI is InChI=1S/C16H24BrNO2/c1-3-19-15-6-4-5-7-16(15)20-11-10-18-9-8-13(2)14(17)12-18/h4-7,13-14H,3,8-12H2,1-2H3. The van der Waals surface area contributed by atoms with E-state index in [-0.39, 0.29) is 0 Å². The highest BCUT2D eigenvalue weighted by atomic mass is 79.9. The molecule has 112 valence electrons. The lowest BCUT2D eigenvalue weighted by Crippen LogP contribution is -2.41. The lowest BCUT2D eigenvalue weighted by atomic mass is 9.99. The number of likely N-dealkylation sites (tertiary alicyclic amines) is 1. The van der Waals surface area contributed by atoms with Gasteiger partial charge in [0, 0.05) is 17.9 Å². The second kappa shape index (κ2) is 7.89. The molecule has 1 heterocycles. The molecule has 3 nitrogen and oxygen atoms in total. The highest BCUT2D eigenvalue weighted by Gasteiger charge is 2.23. The number of benzene rings is 1. The minimum absolute atomic E-state index is 0.604. The fourth-order valence-electron chi connectivity index (χ4n) is 2.42. The third-order valence-electron chi connectivity index (χ3n) is 3.76. The average Bonchev–Trinajstić information content (AvgIpc) is 2.45. The van der Waals surface area contributed by atoms with Crippen molar-refractivity contribution in [3.63, 3.8) is 0 Å². The molecule has 1 saturated heterocycles. The molecule has 1 aromatic rings. The number of halogens is 1. The summed E-state index contributed by atoms with van der Waals surface area (Å²) in [7, 11) is 0. The summed E-state index contributed by atoms with van der Waals surface area (Å²) < 4.78 is 11.4. The van der Waals surface area contributed by atoms with Gasteiger partial charge in [-0.2, -0.15) is 0 Å². The Morgan fingerprint density at radius 3 is 2.60 bits per heavy atom. The van der Waals surface area contributed by atoms with Gasteiger partial charge < -0.3 is 9.47 Å². The van der Waals surface area contributed by atoms with Gasteiger partial charge in [-0.25, -0.2) is 0 Å². The molecule has 1 aliphatic rings. The maximum absolute atomic E-state index is 5.87. The summed E-state index contributed by atoms with van der Waals surface area (Å²) in [4.78, 5) is 3.06. The predicted molar refractivity (Wildman–Crippen MR) is 86.0 cm³/mol. The first-order valence-corrected chi connectivity index (χ1v) is 8.33. The Morgan fingerprint density at radius 1 is 1.25 bits per heavy atom. The minimum Gasteiger partial charge on any atom is -0.490 e. The van der Waals surface area contributed by atoms with Crippen LogP contribution in [0.4, 0.5) is 0 Å². The number of nitrogens with zero attached hydrogens (tertiary/aromatic N) is 1. The van der Waals surface area contributed by atoms with Crippen LogP contribution in [-0.4, -0.2) is 42.6 Å². The van der Waals surface area contributed by atoms with Crippen molar-refractivity contribution in [1.82, 2.24) is 4.90 Å². The second-order valence-corrected chi connectivity index (χ2v) is 6.49. The first-order chi connectivity index (χ1) is 9.70. The molecular formula is C16H24BrNO2. The van der Waals surface area contributed by atoms with Crippen LogP contribution in [0, 0.1) is 5.92 Å². The molecule has 1 aliphatic heterocycles. The van der Waals surface area contributed by atoms with Gasteiger partial charge in [-0.3, -0.25) is 4.90 Å². The van der Waals surface area contributed by atoms with Crippen molar-refractivity contribution in [2.24, 2.45) is 5.92 Å². The number of hydrogen-bond acceptors (Lipinski definition) is 3. The van der Waals surface area contributed by atoms with E-state index in [0.29, 0.717) is 18.0 Å². The number of piperidine rings is 1. The zero-order chi connectivity index (χ0) is 14.4. The summed E-state index contributed by atoms with van der Waals surface area (Å²) in [6.45, 7) is 8.91. The van der Waals surface area contributed by atoms with E-state index in [4.69, 9.17) is 9.47 Å². The molecule has 2 rings (SSSR count). The quantitative estimate of drug-likeness (QED) is 0.738. The topological polar surface area (TPSA) is 21.7 Å². The normalized spacial score (nSPS) is 23.6. The lowest BCUT2D eigenvalue weighted by molar-refractivity contribution is 0.164. The molecule has 1 aromatic carbocycles. The Kier molecular flexibility index (Phi) is 6.17. The zero-order valence-electron chi connectivity index (χ0n) is 12.3. The smallest absolute Gasteiger partial charge is 0.161 e. The van der Waals surface area contributed by atoms with Crippen LogP contribution < -0.4 is 9.47 Å². The van der Waals surface area contributed by atoms with E-state index in [1.54, 1.807) is 0 Å². The van der Waals surface area contributed by atoms with Gasteiger partial charge in [-0.05, 0) is 37.9 Å². The van der Waals surface area contributed by atoms with E-state index in [2.05, 4.69) is 27.8 Å². The molecular weight excluding hydrogens is 318 g/mol. The van der Waals surface area contributed by atoms with E-state index >= 15 is 0 Å². The van der Waals surface area contributed by atoms with Crippen LogP contribution in [0.1, 0.15) is 20.3 Å². The zero-order valence-corrected chi connectivity index (χ0v) is 13.9. The van der Waals surface area contributed by atoms with Crippen LogP contribution >= 0.6 is 15.9 Å². The SMILES string of the molecule is CCOc1ccccc1OCCN1CCC(C)C(Br)C1. The van der Waals surface area contributed by atoms with E-state index in [0.717, 1.165) is 30.5 Å². The molecule has 1 fully saturated rings. The summed E-state index contributed by atoms with van der Waals surface area (Å²) in [5.41, 5.74) is 0. The number of alkyl halides is 1. The Hall–Kier alpha value is -0.740. The molecule has 2 atom stereocenters. The van der Waals surface area contributed by atoms with Gasteiger partial charge >= 0.3 is 0 Å². The third kappa shape index (κ3) is 4.38. The van der Waals surface area contributed by atoms with Crippen LogP contribution in [0.3, 0.4) is 0 Å². The number of para-hydroxylation sites is 2. The second-order valence-electron chi connectivity index (χ2n) is 5.31. The summed E-state index contributed by atoms with van der Waals surface area (Å²) >= 11 is 3.76. The molecule has 0 spiro atoms. The average molecular weight is 342 g/mol. The van der Waals surface area contributed by atoms with Gasteiger partial charge in [0.1, 0.15) is 6.61 Å². The number of ether oxygens (including phenoxy) is 2. The van der Waals surface area contributed by atoms with Gasteiger partial charge in [0.15, 0.2) is 11.5 Å². The molecule has 0 radical (unpaired) electrons. The van der Waals surface area contributed by atoms with Gasteiger partial charge in [-0.1, -0.05) is 35.0 Å². The summed E-state index contributed by atoms with van der Waals surface area (Å²) in [5, 5.41) is 0. The molecule has 4 heteroatoms. The minimum atomic E-state index is 0.604. The summed E-state index contributed by atoms with van der Waals surface area (Å²) in [6, 6.07) is 7.88. The third-order valence-corrected chi connectivity index (χ3v) is 4.96. The Labute approximate surface area is 130 Å². The van der Waals surface area contributed by atoms with Gasteiger partial charge in [-0.15, -0.1) is 0 Å². The Morgan fingerprint density at radius 2 is 1.95 bits per heavy atom. The van der Waals surface area contributed by atoms with Crippen LogP contribution in [0.5, 0.6) is 11.5 Å². The van der Waals surface area contributed by atoms with Gasteiger partial charge in [0.2, 0.25) is 0 Å². The van der Waals surface area contributed by atoms with Crippen molar-refractivity contribution >= 4 is 15.9 Å². The van der Waals surface area contributed by atoms with Crippen LogP contribution in [0.15, 0.2) is 24.3 Å². The molecule has 2 unspecified atom stereocenters. The highest BCUT2D eigenvalue weighted by molar-refractivity contribution is 9.09. The predicted octanol–water partition coefficient (Wildman–Crippen LogP) is 3.57. The summed E-state index contributed by atoms with van der Waals surface area (Å²) in [5.74, 6) is 2.45. The maximum Gasteiger partial charge on any atom is 0.161 e. The van der Waals surface area contributed by atoms with Crippen molar-refractivity contribution in [2.45, 2.75) is 25.1 Å². The lowest BCUT2D eigenvalue weighted by Gasteiger charge is -2.34. The first-order valence-electron chi connectivity index (χ1n) is 7.41. The first kappa shape index (κ1) is 15.6. The molecule has 0 aliphatic carbocycles. The van der Waals surface area contributed by atoms with Crippen molar-refractivity contribution < 1.29 is 9.47 Å². The Balaban J connectivity index is 1.78. The molecule has 20 heavy (non-hydrogen) atoms. The largest absolute Gasteiger partial charge is 0.490 e. The molecule has 0 aromatic heterocycles. The van der Waals surface area contributed by atoms with Crippen LogP contribution in [-0.2, 0) is 0 Å². The van der Waals surface area contributed by atoms with Crippen LogP contribution in [0.2, 0.25) is 0 Å². The molecule has 0 N–H and O–H groups in total.